The number of hydrogen-bond acceptors (Lipinski definition) is 5. The fourth-order valence-corrected chi connectivity index (χ4v) is 3.54. The molecule has 28 heavy (non-hydrogen) atoms. The van der Waals surface area contributed by atoms with E-state index in [2.05, 4.69) is 40.6 Å². The van der Waals surface area contributed by atoms with E-state index in [0.717, 1.165) is 17.7 Å². The van der Waals surface area contributed by atoms with Gasteiger partial charge in [0.05, 0.1) is 31.2 Å². The van der Waals surface area contributed by atoms with Crippen molar-refractivity contribution in [3.05, 3.63) is 78.1 Å². The molecule has 0 saturated heterocycles. The maximum Gasteiger partial charge on any atom is 0.340 e. The predicted octanol–water partition coefficient (Wildman–Crippen LogP) is 4.51. The Morgan fingerprint density at radius 2 is 2.04 bits per heavy atom. The van der Waals surface area contributed by atoms with Crippen molar-refractivity contribution in [3.8, 4) is 16.9 Å². The summed E-state index contributed by atoms with van der Waals surface area (Å²) in [5.74, 6) is 0.850. The van der Waals surface area contributed by atoms with E-state index in [1.807, 2.05) is 18.2 Å². The van der Waals surface area contributed by atoms with Crippen LogP contribution in [0.15, 0.2) is 67.0 Å². The Morgan fingerprint density at radius 1 is 1.18 bits per heavy atom. The van der Waals surface area contributed by atoms with Gasteiger partial charge in [0.25, 0.3) is 0 Å². The molecule has 0 radical (unpaired) electrons. The number of nitrogens with zero attached hydrogens (tertiary/aromatic N) is 1. The summed E-state index contributed by atoms with van der Waals surface area (Å²) in [5.41, 5.74) is 4.68. The summed E-state index contributed by atoms with van der Waals surface area (Å²) in [6, 6.07) is 18.3. The van der Waals surface area contributed by atoms with Crippen molar-refractivity contribution in [3.63, 3.8) is 0 Å². The van der Waals surface area contributed by atoms with Gasteiger partial charge in [-0.15, -0.1) is 0 Å². The molecular weight excluding hydrogens is 352 g/mol. The second-order valence-corrected chi connectivity index (χ2v) is 6.75. The lowest BCUT2D eigenvalue weighted by molar-refractivity contribution is 0.0601. The monoisotopic (exact) mass is 374 g/mol. The molecule has 2 aromatic carbocycles. The summed E-state index contributed by atoms with van der Waals surface area (Å²) >= 11 is 0. The molecule has 1 aliphatic rings. The number of aromatic nitrogens is 1. The number of carbonyl (C=O) groups excluding carboxylic acids is 1. The van der Waals surface area contributed by atoms with Crippen molar-refractivity contribution in [2.45, 2.75) is 12.3 Å². The molecule has 3 aromatic rings. The lowest BCUT2D eigenvalue weighted by Gasteiger charge is -2.27. The van der Waals surface area contributed by atoms with Gasteiger partial charge in [-0.25, -0.2) is 4.79 Å². The number of carbonyl (C=O) groups is 1. The third kappa shape index (κ3) is 3.69. The molecule has 4 rings (SSSR count). The van der Waals surface area contributed by atoms with Gasteiger partial charge < -0.3 is 14.8 Å². The van der Waals surface area contributed by atoms with Gasteiger partial charge in [-0.1, -0.05) is 42.5 Å². The van der Waals surface area contributed by atoms with E-state index >= 15 is 0 Å². The standard InChI is InChI=1S/C23H22N2O3/c1-27-23(26)20-9-11-24-15-21(20)25-14-18-10-12-28-22-13-17(7-8-19(18)22)16-5-3-2-4-6-16/h2-9,11,13,15,18,25H,10,12,14H2,1H3. The number of fused-ring (bicyclic) bond motifs is 1. The van der Waals surface area contributed by atoms with E-state index in [4.69, 9.17) is 9.47 Å². The van der Waals surface area contributed by atoms with Crippen LogP contribution in [0.5, 0.6) is 5.75 Å². The van der Waals surface area contributed by atoms with Gasteiger partial charge in [-0.2, -0.15) is 0 Å². The Kier molecular flexibility index (Phi) is 5.24. The molecule has 0 aliphatic carbocycles. The molecule has 0 amide bonds. The van der Waals surface area contributed by atoms with Crippen LogP contribution in [-0.4, -0.2) is 31.2 Å². The van der Waals surface area contributed by atoms with E-state index in [9.17, 15) is 4.79 Å². The third-order valence-electron chi connectivity index (χ3n) is 5.05. The number of hydrogen-bond donors (Lipinski definition) is 1. The second-order valence-electron chi connectivity index (χ2n) is 6.75. The first-order valence-corrected chi connectivity index (χ1v) is 9.34. The molecule has 0 spiro atoms. The van der Waals surface area contributed by atoms with Gasteiger partial charge in [0.15, 0.2) is 0 Å². The van der Waals surface area contributed by atoms with Gasteiger partial charge in [0.2, 0.25) is 0 Å². The van der Waals surface area contributed by atoms with Crippen molar-refractivity contribution < 1.29 is 14.3 Å². The molecule has 1 aromatic heterocycles. The van der Waals surface area contributed by atoms with E-state index < -0.39 is 0 Å². The van der Waals surface area contributed by atoms with E-state index in [-0.39, 0.29) is 5.97 Å². The SMILES string of the molecule is COC(=O)c1ccncc1NCC1CCOc2cc(-c3ccccc3)ccc21. The van der Waals surface area contributed by atoms with Crippen molar-refractivity contribution in [2.75, 3.05) is 25.6 Å². The molecule has 5 heteroatoms. The van der Waals surface area contributed by atoms with Crippen LogP contribution < -0.4 is 10.1 Å². The largest absolute Gasteiger partial charge is 0.493 e. The van der Waals surface area contributed by atoms with E-state index in [0.29, 0.717) is 30.3 Å². The highest BCUT2D eigenvalue weighted by atomic mass is 16.5. The van der Waals surface area contributed by atoms with Gasteiger partial charge in [-0.3, -0.25) is 4.98 Å². The lowest BCUT2D eigenvalue weighted by Crippen LogP contribution is -2.21. The maximum atomic E-state index is 11.9. The number of benzene rings is 2. The quantitative estimate of drug-likeness (QED) is 0.666. The molecule has 142 valence electrons. The summed E-state index contributed by atoms with van der Waals surface area (Å²) in [5, 5.41) is 3.37. The lowest BCUT2D eigenvalue weighted by atomic mass is 9.91. The molecule has 0 bridgehead atoms. The molecular formula is C23H22N2O3. The predicted molar refractivity (Wildman–Crippen MR) is 109 cm³/mol. The molecule has 1 N–H and O–H groups in total. The fraction of sp³-hybridized carbons (Fsp3) is 0.217. The maximum absolute atomic E-state index is 11.9. The van der Waals surface area contributed by atoms with Crippen LogP contribution in [0.4, 0.5) is 5.69 Å². The number of nitrogens with one attached hydrogen (secondary N) is 1. The van der Waals surface area contributed by atoms with Crippen molar-refractivity contribution in [1.29, 1.82) is 0 Å². The van der Waals surface area contributed by atoms with Crippen LogP contribution in [0.25, 0.3) is 11.1 Å². The highest BCUT2D eigenvalue weighted by Gasteiger charge is 2.22. The first-order chi connectivity index (χ1) is 13.8. The average molecular weight is 374 g/mol. The number of methoxy groups -OCH3 is 1. The number of rotatable bonds is 5. The normalized spacial score (nSPS) is 15.2. The van der Waals surface area contributed by atoms with Crippen LogP contribution in [0.3, 0.4) is 0 Å². The zero-order valence-electron chi connectivity index (χ0n) is 15.7. The van der Waals surface area contributed by atoms with Gasteiger partial charge >= 0.3 is 5.97 Å². The van der Waals surface area contributed by atoms with Gasteiger partial charge in [-0.05, 0) is 35.2 Å². The summed E-state index contributed by atoms with van der Waals surface area (Å²) in [7, 11) is 1.38. The number of esters is 1. The minimum absolute atomic E-state index is 0.291. The zero-order valence-corrected chi connectivity index (χ0v) is 15.7. The van der Waals surface area contributed by atoms with Crippen molar-refractivity contribution in [1.82, 2.24) is 4.98 Å². The van der Waals surface area contributed by atoms with E-state index in [1.54, 1.807) is 18.5 Å². The number of anilines is 1. The Labute approximate surface area is 164 Å². The first kappa shape index (κ1) is 18.0. The van der Waals surface area contributed by atoms with Gasteiger partial charge in [0.1, 0.15) is 5.75 Å². The highest BCUT2D eigenvalue weighted by molar-refractivity contribution is 5.95. The second kappa shape index (κ2) is 8.13. The summed E-state index contributed by atoms with van der Waals surface area (Å²) < 4.78 is 10.8. The molecule has 1 unspecified atom stereocenters. The van der Waals surface area contributed by atoms with E-state index in [1.165, 1.54) is 18.2 Å². The topological polar surface area (TPSA) is 60.5 Å². The van der Waals surface area contributed by atoms with Crippen LogP contribution in [0.2, 0.25) is 0 Å². The Bertz CT molecular complexity index is 973. The number of ether oxygens (including phenoxy) is 2. The van der Waals surface area contributed by atoms with Crippen LogP contribution >= 0.6 is 0 Å². The summed E-state index contributed by atoms with van der Waals surface area (Å²) in [6.07, 6.45) is 4.16. The number of pyridine rings is 1. The summed E-state index contributed by atoms with van der Waals surface area (Å²) in [4.78, 5) is 16.1. The Hall–Kier alpha value is -3.34. The molecule has 1 atom stereocenters. The average Bonchev–Trinajstić information content (AvgIpc) is 2.77. The van der Waals surface area contributed by atoms with Gasteiger partial charge in [0, 0.05) is 18.7 Å². The third-order valence-corrected chi connectivity index (χ3v) is 5.05. The summed E-state index contributed by atoms with van der Waals surface area (Å²) in [6.45, 7) is 1.37. The first-order valence-electron chi connectivity index (χ1n) is 9.34. The molecule has 5 nitrogen and oxygen atoms in total. The van der Waals surface area contributed by atoms with Crippen LogP contribution in [0, 0.1) is 0 Å². The minimum atomic E-state index is -0.371. The van der Waals surface area contributed by atoms with Crippen LogP contribution in [-0.2, 0) is 4.74 Å². The minimum Gasteiger partial charge on any atom is -0.493 e. The molecule has 2 heterocycles. The zero-order chi connectivity index (χ0) is 19.3. The molecule has 1 aliphatic heterocycles. The molecule has 0 fully saturated rings. The van der Waals surface area contributed by atoms with Crippen LogP contribution in [0.1, 0.15) is 28.3 Å². The van der Waals surface area contributed by atoms with Crippen molar-refractivity contribution >= 4 is 11.7 Å². The highest BCUT2D eigenvalue weighted by Crippen LogP contribution is 2.37. The smallest absolute Gasteiger partial charge is 0.340 e. The molecule has 0 saturated carbocycles. The Morgan fingerprint density at radius 3 is 2.86 bits per heavy atom. The van der Waals surface area contributed by atoms with Crippen molar-refractivity contribution in [2.24, 2.45) is 0 Å². The fourth-order valence-electron chi connectivity index (χ4n) is 3.54. The Balaban J connectivity index is 1.54.